The molecule has 3 aromatic rings. The van der Waals surface area contributed by atoms with Gasteiger partial charge in [0, 0.05) is 12.7 Å². The second kappa shape index (κ2) is 11.0. The summed E-state index contributed by atoms with van der Waals surface area (Å²) in [6.07, 6.45) is 4.63. The molecule has 1 aliphatic heterocycles. The molecule has 0 bridgehead atoms. The van der Waals surface area contributed by atoms with Crippen LogP contribution in [0.15, 0.2) is 43.6 Å². The first-order chi connectivity index (χ1) is 17.0. The van der Waals surface area contributed by atoms with Gasteiger partial charge in [-0.1, -0.05) is 31.4 Å². The van der Waals surface area contributed by atoms with Crippen molar-refractivity contribution in [2.24, 2.45) is 0 Å². The summed E-state index contributed by atoms with van der Waals surface area (Å²) in [5.41, 5.74) is 3.03. The van der Waals surface area contributed by atoms with Crippen LogP contribution in [0, 0.1) is 13.8 Å². The highest BCUT2D eigenvalue weighted by Gasteiger charge is 2.29. The van der Waals surface area contributed by atoms with Crippen molar-refractivity contribution in [3.05, 3.63) is 60.6 Å². The van der Waals surface area contributed by atoms with Crippen molar-refractivity contribution in [1.82, 2.24) is 29.2 Å². The van der Waals surface area contributed by atoms with Crippen molar-refractivity contribution < 1.29 is 23.7 Å². The minimum absolute atomic E-state index is 0.0262. The van der Waals surface area contributed by atoms with E-state index < -0.39 is 0 Å². The number of pyridine rings is 1. The fourth-order valence-corrected chi connectivity index (χ4v) is 3.68. The topological polar surface area (TPSA) is 113 Å². The molecule has 1 fully saturated rings. The van der Waals surface area contributed by atoms with Gasteiger partial charge in [-0.25, -0.2) is 4.98 Å². The van der Waals surface area contributed by atoms with E-state index in [0.29, 0.717) is 31.1 Å². The van der Waals surface area contributed by atoms with E-state index in [0.717, 1.165) is 11.2 Å². The van der Waals surface area contributed by atoms with Crippen LogP contribution in [-0.4, -0.2) is 80.8 Å². The zero-order valence-electron chi connectivity index (χ0n) is 19.8. The lowest BCUT2D eigenvalue weighted by Gasteiger charge is -2.32. The summed E-state index contributed by atoms with van der Waals surface area (Å²) in [5, 5.41) is 0. The molecule has 0 aromatic carbocycles. The molecule has 1 aliphatic rings. The number of nitrogens with zero attached hydrogens (tertiary/aromatic N) is 6. The van der Waals surface area contributed by atoms with Gasteiger partial charge in [-0.3, -0.25) is 9.20 Å². The molecule has 4 rings (SSSR count). The third kappa shape index (κ3) is 5.57. The maximum Gasteiger partial charge on any atom is 0.326 e. The van der Waals surface area contributed by atoms with Gasteiger partial charge in [-0.05, 0) is 25.5 Å². The Labute approximate surface area is 203 Å². The van der Waals surface area contributed by atoms with E-state index in [9.17, 15) is 4.79 Å². The largest absolute Gasteiger partial charge is 0.460 e. The van der Waals surface area contributed by atoms with Crippen LogP contribution in [-0.2, 0) is 4.74 Å². The van der Waals surface area contributed by atoms with Gasteiger partial charge in [0.15, 0.2) is 0 Å². The minimum Gasteiger partial charge on any atom is -0.460 e. The monoisotopic (exact) mass is 480 g/mol. The molecule has 0 aliphatic carbocycles. The molecule has 0 spiro atoms. The average Bonchev–Trinajstić information content (AvgIpc) is 3.21. The third-order valence-corrected chi connectivity index (χ3v) is 5.28. The van der Waals surface area contributed by atoms with Gasteiger partial charge >= 0.3 is 18.0 Å². The standard InChI is InChI=1S/C24H28N6O5/c1-5-11-33-22-26-23(34-12-6-2)28-24(27-22)35-15-18-14-29(10-13-32-18)21(31)19-17(4)25-20-16(3)8-7-9-30(19)20/h5-9,18H,1-2,10-15H2,3-4H3. The smallest absolute Gasteiger partial charge is 0.326 e. The molecule has 0 radical (unpaired) electrons. The van der Waals surface area contributed by atoms with Gasteiger partial charge in [-0.15, -0.1) is 15.0 Å². The normalized spacial score (nSPS) is 15.6. The number of hydrogen-bond donors (Lipinski definition) is 0. The lowest BCUT2D eigenvalue weighted by Crippen LogP contribution is -2.48. The van der Waals surface area contributed by atoms with Crippen molar-refractivity contribution in [2.75, 3.05) is 39.5 Å². The quantitative estimate of drug-likeness (QED) is 0.403. The van der Waals surface area contributed by atoms with Crippen LogP contribution < -0.4 is 14.2 Å². The maximum absolute atomic E-state index is 13.4. The van der Waals surface area contributed by atoms with Crippen LogP contribution in [0.1, 0.15) is 21.7 Å². The highest BCUT2D eigenvalue weighted by atomic mass is 16.6. The lowest BCUT2D eigenvalue weighted by molar-refractivity contribution is -0.0417. The second-order valence-electron chi connectivity index (χ2n) is 7.87. The number of rotatable bonds is 10. The Kier molecular flexibility index (Phi) is 7.56. The summed E-state index contributed by atoms with van der Waals surface area (Å²) in [6.45, 7) is 12.8. The summed E-state index contributed by atoms with van der Waals surface area (Å²) >= 11 is 0. The summed E-state index contributed by atoms with van der Waals surface area (Å²) in [5.74, 6) is -0.103. The number of imidazole rings is 1. The van der Waals surface area contributed by atoms with Crippen LogP contribution in [0.3, 0.4) is 0 Å². The summed E-state index contributed by atoms with van der Waals surface area (Å²) < 4.78 is 24.2. The van der Waals surface area contributed by atoms with Crippen LogP contribution in [0.2, 0.25) is 0 Å². The van der Waals surface area contributed by atoms with Gasteiger partial charge in [-0.2, -0.15) is 0 Å². The van der Waals surface area contributed by atoms with Gasteiger partial charge in [0.2, 0.25) is 0 Å². The first kappa shape index (κ1) is 24.1. The molecule has 11 nitrogen and oxygen atoms in total. The molecule has 1 unspecified atom stereocenters. The van der Waals surface area contributed by atoms with Crippen molar-refractivity contribution in [3.8, 4) is 18.0 Å². The van der Waals surface area contributed by atoms with E-state index in [1.54, 1.807) is 17.1 Å². The van der Waals surface area contributed by atoms with Crippen LogP contribution in [0.25, 0.3) is 5.65 Å². The Morgan fingerprint density at radius 3 is 2.40 bits per heavy atom. The first-order valence-electron chi connectivity index (χ1n) is 11.2. The molecule has 1 saturated heterocycles. The molecule has 0 saturated carbocycles. The second-order valence-corrected chi connectivity index (χ2v) is 7.87. The number of fused-ring (bicyclic) bond motifs is 1. The van der Waals surface area contributed by atoms with Crippen molar-refractivity contribution in [3.63, 3.8) is 0 Å². The van der Waals surface area contributed by atoms with Crippen molar-refractivity contribution >= 4 is 11.6 Å². The van der Waals surface area contributed by atoms with E-state index in [1.807, 2.05) is 36.6 Å². The molecule has 184 valence electrons. The van der Waals surface area contributed by atoms with Gasteiger partial charge in [0.05, 0.1) is 18.8 Å². The summed E-state index contributed by atoms with van der Waals surface area (Å²) in [7, 11) is 0. The zero-order chi connectivity index (χ0) is 24.8. The van der Waals surface area contributed by atoms with Crippen molar-refractivity contribution in [1.29, 1.82) is 0 Å². The number of aryl methyl sites for hydroxylation is 2. The first-order valence-corrected chi connectivity index (χ1v) is 11.2. The number of ether oxygens (including phenoxy) is 4. The zero-order valence-corrected chi connectivity index (χ0v) is 19.8. The number of aromatic nitrogens is 5. The molecule has 35 heavy (non-hydrogen) atoms. The molecule has 4 heterocycles. The Morgan fingerprint density at radius 2 is 1.74 bits per heavy atom. The van der Waals surface area contributed by atoms with E-state index in [-0.39, 0.29) is 49.9 Å². The van der Waals surface area contributed by atoms with E-state index in [1.165, 1.54) is 0 Å². The fraction of sp³-hybridized carbons (Fsp3) is 0.375. The van der Waals surface area contributed by atoms with Gasteiger partial charge in [0.1, 0.15) is 37.3 Å². The predicted molar refractivity (Wildman–Crippen MR) is 127 cm³/mol. The fourth-order valence-electron chi connectivity index (χ4n) is 3.68. The number of carbonyl (C=O) groups is 1. The van der Waals surface area contributed by atoms with Crippen molar-refractivity contribution in [2.45, 2.75) is 20.0 Å². The SMILES string of the molecule is C=CCOc1nc(OCC=C)nc(OCC2CN(C(=O)c3c(C)nc4c(C)cccn34)CCO2)n1. The highest BCUT2D eigenvalue weighted by Crippen LogP contribution is 2.20. The Hall–Kier alpha value is -3.99. The Morgan fingerprint density at radius 1 is 1.09 bits per heavy atom. The van der Waals surface area contributed by atoms with Crippen LogP contribution in [0.4, 0.5) is 0 Å². The Balaban J connectivity index is 1.44. The number of hydrogen-bond acceptors (Lipinski definition) is 9. The average molecular weight is 481 g/mol. The summed E-state index contributed by atoms with van der Waals surface area (Å²) in [4.78, 5) is 32.1. The van der Waals surface area contributed by atoms with E-state index in [2.05, 4.69) is 33.1 Å². The van der Waals surface area contributed by atoms with Crippen LogP contribution in [0.5, 0.6) is 18.0 Å². The minimum atomic E-state index is -0.374. The van der Waals surface area contributed by atoms with Crippen LogP contribution >= 0.6 is 0 Å². The third-order valence-electron chi connectivity index (χ3n) is 5.28. The molecular formula is C24H28N6O5. The van der Waals surface area contributed by atoms with Gasteiger partial charge in [0.25, 0.3) is 5.91 Å². The van der Waals surface area contributed by atoms with Gasteiger partial charge < -0.3 is 23.8 Å². The molecule has 1 atom stereocenters. The highest BCUT2D eigenvalue weighted by molar-refractivity contribution is 5.95. The Bertz CT molecular complexity index is 1200. The molecule has 11 heteroatoms. The predicted octanol–water partition coefficient (Wildman–Crippen LogP) is 2.19. The number of carbonyl (C=O) groups excluding carboxylic acids is 1. The lowest BCUT2D eigenvalue weighted by atomic mass is 10.2. The van der Waals surface area contributed by atoms with E-state index in [4.69, 9.17) is 18.9 Å². The number of amides is 1. The molecular weight excluding hydrogens is 452 g/mol. The molecule has 0 N–H and O–H groups in total. The molecule has 3 aromatic heterocycles. The van der Waals surface area contributed by atoms with E-state index >= 15 is 0 Å². The molecule has 1 amide bonds. The number of morpholine rings is 1. The summed E-state index contributed by atoms with van der Waals surface area (Å²) in [6, 6.07) is 4.01. The maximum atomic E-state index is 13.4.